The van der Waals surface area contributed by atoms with E-state index in [0.717, 1.165) is 43.8 Å². The van der Waals surface area contributed by atoms with Crippen LogP contribution < -0.4 is 4.74 Å². The highest BCUT2D eigenvalue weighted by Gasteiger charge is 2.19. The minimum atomic E-state index is 0.471. The van der Waals surface area contributed by atoms with Crippen LogP contribution in [0.25, 0.3) is 44.9 Å². The van der Waals surface area contributed by atoms with Crippen molar-refractivity contribution in [3.63, 3.8) is 0 Å². The number of allylic oxidation sites excluding steroid dienone is 3. The number of rotatable bonds is 3. The van der Waals surface area contributed by atoms with Crippen molar-refractivity contribution in [1.82, 2.24) is 15.0 Å². The van der Waals surface area contributed by atoms with Gasteiger partial charge in [-0.1, -0.05) is 103 Å². The zero-order valence-electron chi connectivity index (χ0n) is 19.4. The van der Waals surface area contributed by atoms with Gasteiger partial charge in [0, 0.05) is 39.1 Å². The summed E-state index contributed by atoms with van der Waals surface area (Å²) >= 11 is 6.57. The number of halogens is 1. The average Bonchev–Trinajstić information content (AvgIpc) is 3.03. The Morgan fingerprint density at radius 1 is 0.667 bits per heavy atom. The lowest BCUT2D eigenvalue weighted by atomic mass is 9.97. The van der Waals surface area contributed by atoms with Gasteiger partial charge in [0.1, 0.15) is 12.4 Å². The molecule has 0 saturated heterocycles. The molecule has 4 aromatic carbocycles. The molecule has 0 bridgehead atoms. The standard InChI is InChI=1S/C31H22ClN3O/c32-24-15-9-10-18-36-28-23(19-24)20-27(25-16-7-8-17-26(25)28)31-34-29(21-11-3-1-4-12-21)33-30(35-31)22-13-5-2-6-14-22/h1-17,20H,18-19H2/b10-9-,24-15+. The smallest absolute Gasteiger partial charge is 0.164 e. The van der Waals surface area contributed by atoms with Crippen molar-refractivity contribution >= 4 is 22.4 Å². The van der Waals surface area contributed by atoms with Crippen LogP contribution in [0.15, 0.2) is 114 Å². The van der Waals surface area contributed by atoms with Crippen molar-refractivity contribution in [2.45, 2.75) is 6.42 Å². The molecule has 0 aliphatic carbocycles. The summed E-state index contributed by atoms with van der Waals surface area (Å²) in [5.41, 5.74) is 3.79. The summed E-state index contributed by atoms with van der Waals surface area (Å²) in [6.07, 6.45) is 6.37. The predicted octanol–water partition coefficient (Wildman–Crippen LogP) is 7.64. The van der Waals surface area contributed by atoms with E-state index in [4.69, 9.17) is 31.3 Å². The second-order valence-corrected chi connectivity index (χ2v) is 9.01. The molecule has 0 radical (unpaired) electrons. The van der Waals surface area contributed by atoms with E-state index in [0.29, 0.717) is 30.5 Å². The Labute approximate surface area is 214 Å². The normalized spacial score (nSPS) is 15.5. The lowest BCUT2D eigenvalue weighted by Gasteiger charge is -2.17. The summed E-state index contributed by atoms with van der Waals surface area (Å²) in [5.74, 6) is 2.71. The minimum absolute atomic E-state index is 0.471. The molecule has 0 fully saturated rings. The van der Waals surface area contributed by atoms with Crippen molar-refractivity contribution in [2.75, 3.05) is 6.61 Å². The Bertz CT molecular complexity index is 1550. The van der Waals surface area contributed by atoms with Gasteiger partial charge in [0.25, 0.3) is 0 Å². The second kappa shape index (κ2) is 9.76. The fraction of sp³-hybridized carbons (Fsp3) is 0.0645. The molecule has 36 heavy (non-hydrogen) atoms. The van der Waals surface area contributed by atoms with E-state index in [1.165, 1.54) is 0 Å². The van der Waals surface area contributed by atoms with Crippen LogP contribution in [0.4, 0.5) is 0 Å². The van der Waals surface area contributed by atoms with Crippen molar-refractivity contribution < 1.29 is 4.74 Å². The highest BCUT2D eigenvalue weighted by atomic mass is 35.5. The Morgan fingerprint density at radius 3 is 1.92 bits per heavy atom. The summed E-state index contributed by atoms with van der Waals surface area (Å²) in [4.78, 5) is 14.7. The zero-order valence-corrected chi connectivity index (χ0v) is 20.2. The van der Waals surface area contributed by atoms with E-state index in [-0.39, 0.29) is 0 Å². The third kappa shape index (κ3) is 4.39. The lowest BCUT2D eigenvalue weighted by Crippen LogP contribution is -2.03. The third-order valence-electron chi connectivity index (χ3n) is 6.11. The number of aromatic nitrogens is 3. The fourth-order valence-corrected chi connectivity index (χ4v) is 4.64. The number of hydrogen-bond acceptors (Lipinski definition) is 4. The highest BCUT2D eigenvalue weighted by Crippen LogP contribution is 2.39. The van der Waals surface area contributed by atoms with Crippen LogP contribution in [0.5, 0.6) is 5.75 Å². The molecule has 1 aliphatic rings. The summed E-state index contributed by atoms with van der Waals surface area (Å²) in [7, 11) is 0. The molecule has 0 saturated carbocycles. The fourth-order valence-electron chi connectivity index (χ4n) is 4.42. The SMILES string of the molecule is Cl/C1=C/C=C\COc2c(cc(-c3nc(-c4ccccc4)nc(-c4ccccc4)n3)c3ccccc23)C1. The molecule has 1 aliphatic heterocycles. The summed E-state index contributed by atoms with van der Waals surface area (Å²) in [5, 5.41) is 2.77. The molecule has 5 aromatic rings. The molecule has 0 spiro atoms. The maximum Gasteiger partial charge on any atom is 0.164 e. The molecule has 0 unspecified atom stereocenters. The van der Waals surface area contributed by atoms with Crippen molar-refractivity contribution in [2.24, 2.45) is 0 Å². The number of ether oxygens (including phenoxy) is 1. The van der Waals surface area contributed by atoms with Crippen LogP contribution in [0, 0.1) is 0 Å². The highest BCUT2D eigenvalue weighted by molar-refractivity contribution is 6.30. The van der Waals surface area contributed by atoms with Gasteiger partial charge in [-0.25, -0.2) is 15.0 Å². The molecule has 2 heterocycles. The van der Waals surface area contributed by atoms with Crippen LogP contribution in [0.1, 0.15) is 5.56 Å². The van der Waals surface area contributed by atoms with Gasteiger partial charge in [-0.15, -0.1) is 0 Å². The van der Waals surface area contributed by atoms with E-state index >= 15 is 0 Å². The van der Waals surface area contributed by atoms with Gasteiger partial charge in [0.05, 0.1) is 0 Å². The third-order valence-corrected chi connectivity index (χ3v) is 6.37. The molecule has 6 rings (SSSR count). The zero-order chi connectivity index (χ0) is 24.3. The van der Waals surface area contributed by atoms with Gasteiger partial charge in [-0.2, -0.15) is 0 Å². The second-order valence-electron chi connectivity index (χ2n) is 8.53. The Balaban J connectivity index is 1.62. The molecular weight excluding hydrogens is 466 g/mol. The van der Waals surface area contributed by atoms with Gasteiger partial charge in [-0.05, 0) is 23.6 Å². The Kier molecular flexibility index (Phi) is 6.02. The van der Waals surface area contributed by atoms with Gasteiger partial charge in [0.15, 0.2) is 17.5 Å². The van der Waals surface area contributed by atoms with Crippen molar-refractivity contribution in [3.05, 3.63) is 120 Å². The van der Waals surface area contributed by atoms with E-state index in [1.807, 2.05) is 91.0 Å². The minimum Gasteiger partial charge on any atom is -0.489 e. The first-order valence-corrected chi connectivity index (χ1v) is 12.2. The monoisotopic (exact) mass is 487 g/mol. The van der Waals surface area contributed by atoms with Crippen LogP contribution in [0.3, 0.4) is 0 Å². The summed E-state index contributed by atoms with van der Waals surface area (Å²) < 4.78 is 6.22. The van der Waals surface area contributed by atoms with E-state index in [2.05, 4.69) is 18.2 Å². The summed E-state index contributed by atoms with van der Waals surface area (Å²) in [6.45, 7) is 0.471. The topological polar surface area (TPSA) is 47.9 Å². The van der Waals surface area contributed by atoms with E-state index in [9.17, 15) is 0 Å². The number of benzene rings is 4. The number of hydrogen-bond donors (Lipinski definition) is 0. The van der Waals surface area contributed by atoms with Crippen molar-refractivity contribution in [3.8, 4) is 39.9 Å². The maximum absolute atomic E-state index is 6.57. The van der Waals surface area contributed by atoms with Crippen LogP contribution in [-0.4, -0.2) is 21.6 Å². The van der Waals surface area contributed by atoms with E-state index in [1.54, 1.807) is 0 Å². The first-order valence-electron chi connectivity index (χ1n) is 11.8. The molecule has 174 valence electrons. The Hall–Kier alpha value is -4.28. The lowest BCUT2D eigenvalue weighted by molar-refractivity contribution is 0.364. The summed E-state index contributed by atoms with van der Waals surface area (Å²) in [6, 6.07) is 30.3. The van der Waals surface area contributed by atoms with E-state index < -0.39 is 0 Å². The van der Waals surface area contributed by atoms with Crippen LogP contribution in [0.2, 0.25) is 0 Å². The number of fused-ring (bicyclic) bond motifs is 3. The molecule has 4 nitrogen and oxygen atoms in total. The first kappa shape index (κ1) is 22.2. The molecule has 5 heteroatoms. The number of nitrogens with zero attached hydrogens (tertiary/aromatic N) is 3. The predicted molar refractivity (Wildman–Crippen MR) is 146 cm³/mol. The van der Waals surface area contributed by atoms with Gasteiger partial charge < -0.3 is 4.74 Å². The molecule has 0 N–H and O–H groups in total. The van der Waals surface area contributed by atoms with Crippen LogP contribution >= 0.6 is 11.6 Å². The van der Waals surface area contributed by atoms with Gasteiger partial charge in [-0.3, -0.25) is 0 Å². The van der Waals surface area contributed by atoms with Crippen LogP contribution in [-0.2, 0) is 6.42 Å². The van der Waals surface area contributed by atoms with Gasteiger partial charge in [0.2, 0.25) is 0 Å². The Morgan fingerprint density at radius 2 is 1.25 bits per heavy atom. The van der Waals surface area contributed by atoms with Crippen molar-refractivity contribution in [1.29, 1.82) is 0 Å². The van der Waals surface area contributed by atoms with Gasteiger partial charge >= 0.3 is 0 Å². The molecular formula is C31H22ClN3O. The first-order chi connectivity index (χ1) is 17.8. The quantitative estimate of drug-likeness (QED) is 0.262. The average molecular weight is 488 g/mol. The molecule has 1 aromatic heterocycles. The largest absolute Gasteiger partial charge is 0.489 e. The molecule has 0 atom stereocenters. The molecule has 0 amide bonds. The maximum atomic E-state index is 6.57.